The van der Waals surface area contributed by atoms with Gasteiger partial charge in [0.15, 0.2) is 0 Å². The van der Waals surface area contributed by atoms with Crippen molar-refractivity contribution >= 4 is 17.3 Å². The van der Waals surface area contributed by atoms with E-state index in [2.05, 4.69) is 24.1 Å². The molecule has 0 aliphatic carbocycles. The van der Waals surface area contributed by atoms with Crippen molar-refractivity contribution in [2.45, 2.75) is 26.7 Å². The number of nitrogens with zero attached hydrogens (tertiary/aromatic N) is 1. The average Bonchev–Trinajstić information content (AvgIpc) is 2.38. The van der Waals surface area contributed by atoms with Gasteiger partial charge in [-0.2, -0.15) is 0 Å². The molecule has 106 valence electrons. The van der Waals surface area contributed by atoms with Gasteiger partial charge in [0, 0.05) is 13.0 Å². The number of rotatable bonds is 7. The molecule has 0 saturated carbocycles. The molecule has 0 spiro atoms. The zero-order valence-electron chi connectivity index (χ0n) is 11.6. The van der Waals surface area contributed by atoms with E-state index < -0.39 is 5.82 Å². The number of hydrogen-bond donors (Lipinski definition) is 2. The van der Waals surface area contributed by atoms with E-state index in [0.717, 1.165) is 26.1 Å². The number of anilines is 2. The van der Waals surface area contributed by atoms with Crippen molar-refractivity contribution < 1.29 is 9.18 Å². The zero-order chi connectivity index (χ0) is 14.3. The molecule has 4 nitrogen and oxygen atoms in total. The monoisotopic (exact) mass is 267 g/mol. The topological polar surface area (TPSA) is 58.4 Å². The molecule has 0 atom stereocenters. The van der Waals surface area contributed by atoms with Gasteiger partial charge >= 0.3 is 0 Å². The Kier molecular flexibility index (Phi) is 6.29. The van der Waals surface area contributed by atoms with Crippen LogP contribution < -0.4 is 11.1 Å². The van der Waals surface area contributed by atoms with Gasteiger partial charge in [-0.05, 0) is 37.7 Å². The summed E-state index contributed by atoms with van der Waals surface area (Å²) in [6.07, 6.45) is 1.48. The van der Waals surface area contributed by atoms with Crippen LogP contribution in [0.25, 0.3) is 0 Å². The first-order chi connectivity index (χ1) is 9.06. The highest BCUT2D eigenvalue weighted by Gasteiger charge is 2.08. The molecule has 0 radical (unpaired) electrons. The molecule has 1 aromatic rings. The number of halogens is 1. The lowest BCUT2D eigenvalue weighted by molar-refractivity contribution is -0.116. The Hall–Kier alpha value is -1.62. The minimum Gasteiger partial charge on any atom is -0.397 e. The number of amides is 1. The Morgan fingerprint density at radius 1 is 1.37 bits per heavy atom. The molecular weight excluding hydrogens is 245 g/mol. The number of nitrogens with two attached hydrogens (primary N) is 1. The van der Waals surface area contributed by atoms with Crippen LogP contribution in [0.5, 0.6) is 0 Å². The van der Waals surface area contributed by atoms with Crippen molar-refractivity contribution in [2.75, 3.05) is 30.7 Å². The lowest BCUT2D eigenvalue weighted by Gasteiger charge is -2.19. The number of carbonyl (C=O) groups is 1. The molecule has 0 aliphatic rings. The molecule has 3 N–H and O–H groups in total. The summed E-state index contributed by atoms with van der Waals surface area (Å²) in [5, 5.41) is 2.70. The van der Waals surface area contributed by atoms with Crippen molar-refractivity contribution in [3.8, 4) is 0 Å². The molecule has 0 heterocycles. The average molecular weight is 267 g/mol. The maximum atomic E-state index is 12.9. The summed E-state index contributed by atoms with van der Waals surface area (Å²) in [5.74, 6) is -0.511. The molecule has 1 amide bonds. The number of nitrogen functional groups attached to an aromatic ring is 1. The third-order valence-corrected chi connectivity index (χ3v) is 2.93. The summed E-state index contributed by atoms with van der Waals surface area (Å²) in [5.41, 5.74) is 6.34. The van der Waals surface area contributed by atoms with Crippen LogP contribution in [0, 0.1) is 5.82 Å². The highest BCUT2D eigenvalue weighted by molar-refractivity contribution is 5.93. The van der Waals surface area contributed by atoms with Gasteiger partial charge in [0.25, 0.3) is 0 Å². The lowest BCUT2D eigenvalue weighted by atomic mass is 10.2. The third kappa shape index (κ3) is 5.26. The van der Waals surface area contributed by atoms with Crippen LogP contribution in [0.1, 0.15) is 26.7 Å². The summed E-state index contributed by atoms with van der Waals surface area (Å²) in [4.78, 5) is 14.0. The zero-order valence-corrected chi connectivity index (χ0v) is 11.6. The Morgan fingerprint density at radius 3 is 2.68 bits per heavy atom. The van der Waals surface area contributed by atoms with E-state index in [1.54, 1.807) is 0 Å². The second kappa shape index (κ2) is 7.74. The Bertz CT molecular complexity index is 423. The van der Waals surface area contributed by atoms with E-state index >= 15 is 0 Å². The van der Waals surface area contributed by atoms with Crippen LogP contribution in [0.3, 0.4) is 0 Å². The summed E-state index contributed by atoms with van der Waals surface area (Å²) < 4.78 is 12.9. The molecule has 0 aliphatic heterocycles. The number of nitrogens with one attached hydrogen (secondary N) is 1. The molecule has 0 saturated heterocycles. The normalized spacial score (nSPS) is 10.7. The Balaban J connectivity index is 2.46. The van der Waals surface area contributed by atoms with Crippen molar-refractivity contribution in [1.82, 2.24) is 4.90 Å². The van der Waals surface area contributed by atoms with Crippen molar-refractivity contribution in [1.29, 1.82) is 0 Å². The standard InChI is InChI=1S/C14H22FN3O/c1-3-8-18(4-2)9-7-14(19)17-13-6-5-11(15)10-12(13)16/h5-6,10H,3-4,7-9,16H2,1-2H3,(H,17,19). The second-order valence-corrected chi connectivity index (χ2v) is 4.46. The molecule has 0 bridgehead atoms. The molecule has 5 heteroatoms. The Labute approximate surface area is 113 Å². The third-order valence-electron chi connectivity index (χ3n) is 2.93. The number of carbonyl (C=O) groups excluding carboxylic acids is 1. The van der Waals surface area contributed by atoms with Crippen LogP contribution in [0.2, 0.25) is 0 Å². The maximum Gasteiger partial charge on any atom is 0.225 e. The fraction of sp³-hybridized carbons (Fsp3) is 0.500. The minimum atomic E-state index is -0.407. The summed E-state index contributed by atoms with van der Waals surface area (Å²) in [6.45, 7) is 6.83. The quantitative estimate of drug-likeness (QED) is 0.746. The first-order valence-electron chi connectivity index (χ1n) is 6.64. The van der Waals surface area contributed by atoms with Gasteiger partial charge in [-0.3, -0.25) is 4.79 Å². The first-order valence-corrected chi connectivity index (χ1v) is 6.64. The summed E-state index contributed by atoms with van der Waals surface area (Å²) in [7, 11) is 0. The summed E-state index contributed by atoms with van der Waals surface area (Å²) >= 11 is 0. The fourth-order valence-electron chi connectivity index (χ4n) is 1.86. The summed E-state index contributed by atoms with van der Waals surface area (Å²) in [6, 6.07) is 3.96. The van der Waals surface area contributed by atoms with Crippen molar-refractivity contribution in [3.63, 3.8) is 0 Å². The lowest BCUT2D eigenvalue weighted by Crippen LogP contribution is -2.28. The largest absolute Gasteiger partial charge is 0.397 e. The molecule has 1 rings (SSSR count). The predicted molar refractivity (Wildman–Crippen MR) is 76.5 cm³/mol. The SMILES string of the molecule is CCCN(CC)CCC(=O)Nc1ccc(F)cc1N. The van der Waals surface area contributed by atoms with E-state index in [4.69, 9.17) is 5.73 Å². The van der Waals surface area contributed by atoms with Crippen LogP contribution in [0.15, 0.2) is 18.2 Å². The highest BCUT2D eigenvalue weighted by Crippen LogP contribution is 2.19. The van der Waals surface area contributed by atoms with Crippen LogP contribution in [-0.4, -0.2) is 30.4 Å². The van der Waals surface area contributed by atoms with E-state index in [0.29, 0.717) is 12.1 Å². The van der Waals surface area contributed by atoms with E-state index in [9.17, 15) is 9.18 Å². The molecule has 19 heavy (non-hydrogen) atoms. The second-order valence-electron chi connectivity index (χ2n) is 4.46. The molecule has 1 aromatic carbocycles. The van der Waals surface area contributed by atoms with Crippen molar-refractivity contribution in [3.05, 3.63) is 24.0 Å². The maximum absolute atomic E-state index is 12.9. The van der Waals surface area contributed by atoms with E-state index in [1.807, 2.05) is 0 Å². The van der Waals surface area contributed by atoms with Gasteiger partial charge in [0.05, 0.1) is 11.4 Å². The molecule has 0 unspecified atom stereocenters. The van der Waals surface area contributed by atoms with Gasteiger partial charge < -0.3 is 16.0 Å². The van der Waals surface area contributed by atoms with Crippen LogP contribution >= 0.6 is 0 Å². The smallest absolute Gasteiger partial charge is 0.225 e. The predicted octanol–water partition coefficient (Wildman–Crippen LogP) is 2.47. The fourth-order valence-corrected chi connectivity index (χ4v) is 1.86. The molecular formula is C14H22FN3O. The van der Waals surface area contributed by atoms with Gasteiger partial charge in [0.1, 0.15) is 5.82 Å². The van der Waals surface area contributed by atoms with Gasteiger partial charge in [0.2, 0.25) is 5.91 Å². The van der Waals surface area contributed by atoms with Crippen LogP contribution in [-0.2, 0) is 4.79 Å². The molecule has 0 fully saturated rings. The highest BCUT2D eigenvalue weighted by atomic mass is 19.1. The minimum absolute atomic E-state index is 0.104. The molecule has 0 aromatic heterocycles. The van der Waals surface area contributed by atoms with E-state index in [1.165, 1.54) is 18.2 Å². The Morgan fingerprint density at radius 2 is 2.11 bits per heavy atom. The first kappa shape index (κ1) is 15.4. The van der Waals surface area contributed by atoms with Crippen LogP contribution in [0.4, 0.5) is 15.8 Å². The number of hydrogen-bond acceptors (Lipinski definition) is 3. The van der Waals surface area contributed by atoms with Gasteiger partial charge in [-0.1, -0.05) is 13.8 Å². The van der Waals surface area contributed by atoms with Crippen molar-refractivity contribution in [2.24, 2.45) is 0 Å². The number of benzene rings is 1. The van der Waals surface area contributed by atoms with E-state index in [-0.39, 0.29) is 11.6 Å². The van der Waals surface area contributed by atoms with Gasteiger partial charge in [-0.25, -0.2) is 4.39 Å². The van der Waals surface area contributed by atoms with Gasteiger partial charge in [-0.15, -0.1) is 0 Å².